The number of ether oxygens (including phenoxy) is 1. The zero-order valence-electron chi connectivity index (χ0n) is 15.7. The molecule has 1 aliphatic carbocycles. The minimum atomic E-state index is -0.451. The highest BCUT2D eigenvalue weighted by Gasteiger charge is 2.30. The summed E-state index contributed by atoms with van der Waals surface area (Å²) in [4.78, 5) is 14.2. The van der Waals surface area contributed by atoms with E-state index in [2.05, 4.69) is 33.0 Å². The second kappa shape index (κ2) is 7.67. The van der Waals surface area contributed by atoms with Crippen molar-refractivity contribution < 1.29 is 9.53 Å². The molecule has 1 saturated carbocycles. The molecule has 1 fully saturated rings. The second-order valence-electron chi connectivity index (χ2n) is 8.71. The summed E-state index contributed by atoms with van der Waals surface area (Å²) in [6.07, 6.45) is 4.91. The Labute approximate surface area is 137 Å². The van der Waals surface area contributed by atoms with Gasteiger partial charge >= 0.3 is 6.09 Å². The highest BCUT2D eigenvalue weighted by atomic mass is 16.6. The highest BCUT2D eigenvalue weighted by molar-refractivity contribution is 5.69. The molecule has 0 aromatic carbocycles. The van der Waals surface area contributed by atoms with Crippen LogP contribution in [-0.4, -0.2) is 41.3 Å². The number of nitrogens with zero attached hydrogens (tertiary/aromatic N) is 1. The molecule has 1 amide bonds. The van der Waals surface area contributed by atoms with Gasteiger partial charge in [-0.15, -0.1) is 0 Å². The third-order valence-electron chi connectivity index (χ3n) is 4.21. The van der Waals surface area contributed by atoms with Crippen LogP contribution in [-0.2, 0) is 4.74 Å². The number of nitrogens with one attached hydrogen (secondary N) is 1. The van der Waals surface area contributed by atoms with Crippen LogP contribution in [0.15, 0.2) is 0 Å². The molecule has 0 spiro atoms. The molecule has 0 bridgehead atoms. The molecule has 0 aliphatic heterocycles. The van der Waals surface area contributed by atoms with Crippen molar-refractivity contribution in [3.63, 3.8) is 0 Å². The average molecular weight is 312 g/mol. The van der Waals surface area contributed by atoms with Gasteiger partial charge in [0.1, 0.15) is 5.60 Å². The normalized spacial score (nSPS) is 23.2. The van der Waals surface area contributed by atoms with Gasteiger partial charge in [0.25, 0.3) is 0 Å². The summed E-state index contributed by atoms with van der Waals surface area (Å²) in [6.45, 7) is 15.7. The Morgan fingerprint density at radius 1 is 1.09 bits per heavy atom. The number of hydrogen-bond acceptors (Lipinski definition) is 3. The van der Waals surface area contributed by atoms with E-state index in [0.717, 1.165) is 12.5 Å². The first-order valence-corrected chi connectivity index (χ1v) is 8.73. The van der Waals surface area contributed by atoms with E-state index in [9.17, 15) is 4.79 Å². The summed E-state index contributed by atoms with van der Waals surface area (Å²) in [7, 11) is 0. The molecule has 130 valence electrons. The van der Waals surface area contributed by atoms with Crippen LogP contribution in [0, 0.1) is 5.92 Å². The minimum absolute atomic E-state index is 0.223. The molecule has 0 unspecified atom stereocenters. The average Bonchev–Trinajstić information content (AvgIpc) is 2.32. The molecule has 0 aromatic rings. The SMILES string of the molecule is CC1CCC(NCCN(C(=O)OC(C)(C)C)C(C)(C)C)CC1. The summed E-state index contributed by atoms with van der Waals surface area (Å²) in [5.74, 6) is 0.867. The number of hydrogen-bond donors (Lipinski definition) is 1. The van der Waals surface area contributed by atoms with Gasteiger partial charge in [-0.25, -0.2) is 4.79 Å². The topological polar surface area (TPSA) is 41.6 Å². The largest absolute Gasteiger partial charge is 0.444 e. The van der Waals surface area contributed by atoms with Gasteiger partial charge in [0.05, 0.1) is 0 Å². The lowest BCUT2D eigenvalue weighted by molar-refractivity contribution is 0.00636. The van der Waals surface area contributed by atoms with E-state index in [-0.39, 0.29) is 11.6 Å². The number of carbonyl (C=O) groups is 1. The molecule has 1 N–H and O–H groups in total. The van der Waals surface area contributed by atoms with Gasteiger partial charge in [-0.1, -0.05) is 6.92 Å². The first-order chi connectivity index (χ1) is 9.99. The van der Waals surface area contributed by atoms with E-state index in [1.807, 2.05) is 25.7 Å². The van der Waals surface area contributed by atoms with E-state index < -0.39 is 5.60 Å². The lowest BCUT2D eigenvalue weighted by Crippen LogP contribution is -2.51. The third-order valence-corrected chi connectivity index (χ3v) is 4.21. The molecule has 0 aromatic heterocycles. The van der Waals surface area contributed by atoms with E-state index >= 15 is 0 Å². The molecule has 0 atom stereocenters. The smallest absolute Gasteiger partial charge is 0.410 e. The van der Waals surface area contributed by atoms with E-state index in [1.54, 1.807) is 0 Å². The Kier molecular flexibility index (Phi) is 6.72. The summed E-state index contributed by atoms with van der Waals surface area (Å²) in [5, 5.41) is 3.61. The summed E-state index contributed by atoms with van der Waals surface area (Å²) in [5.41, 5.74) is -0.682. The molecule has 0 heterocycles. The lowest BCUT2D eigenvalue weighted by atomic mass is 9.87. The molecular formula is C18H36N2O2. The summed E-state index contributed by atoms with van der Waals surface area (Å²) in [6, 6.07) is 0.608. The van der Waals surface area contributed by atoms with Gasteiger partial charge in [-0.05, 0) is 73.1 Å². The third kappa shape index (κ3) is 6.99. The van der Waals surface area contributed by atoms with Gasteiger partial charge in [0.15, 0.2) is 0 Å². The molecular weight excluding hydrogens is 276 g/mol. The number of rotatable bonds is 4. The molecule has 1 aliphatic rings. The van der Waals surface area contributed by atoms with Crippen LogP contribution in [0.1, 0.15) is 74.1 Å². The molecule has 4 nitrogen and oxygen atoms in total. The van der Waals surface area contributed by atoms with Crippen LogP contribution in [0.4, 0.5) is 4.79 Å². The zero-order chi connectivity index (χ0) is 17.0. The van der Waals surface area contributed by atoms with Gasteiger partial charge in [-0.3, -0.25) is 0 Å². The van der Waals surface area contributed by atoms with Crippen molar-refractivity contribution in [3.8, 4) is 0 Å². The van der Waals surface area contributed by atoms with E-state index in [4.69, 9.17) is 4.74 Å². The quantitative estimate of drug-likeness (QED) is 0.846. The fourth-order valence-electron chi connectivity index (χ4n) is 2.86. The van der Waals surface area contributed by atoms with E-state index in [1.165, 1.54) is 25.7 Å². The molecule has 0 saturated heterocycles. The van der Waals surface area contributed by atoms with Crippen LogP contribution < -0.4 is 5.32 Å². The maximum atomic E-state index is 12.4. The predicted molar refractivity (Wildman–Crippen MR) is 92.1 cm³/mol. The highest BCUT2D eigenvalue weighted by Crippen LogP contribution is 2.23. The molecule has 4 heteroatoms. The Hall–Kier alpha value is -0.770. The first kappa shape index (κ1) is 19.3. The fourth-order valence-corrected chi connectivity index (χ4v) is 2.86. The standard InChI is InChI=1S/C18H36N2O2/c1-14-8-10-15(11-9-14)19-12-13-20(17(2,3)4)16(21)22-18(5,6)7/h14-15,19H,8-13H2,1-7H3. The molecule has 1 rings (SSSR count). The van der Waals surface area contributed by atoms with Crippen molar-refractivity contribution in [1.29, 1.82) is 0 Å². The maximum absolute atomic E-state index is 12.4. The van der Waals surface area contributed by atoms with Crippen LogP contribution in [0.2, 0.25) is 0 Å². The van der Waals surface area contributed by atoms with Crippen LogP contribution in [0.3, 0.4) is 0 Å². The Morgan fingerprint density at radius 3 is 2.09 bits per heavy atom. The first-order valence-electron chi connectivity index (χ1n) is 8.73. The van der Waals surface area contributed by atoms with Crippen molar-refractivity contribution in [2.45, 2.75) is 91.3 Å². The van der Waals surface area contributed by atoms with Gasteiger partial charge < -0.3 is 15.0 Å². The number of carbonyl (C=O) groups excluding carboxylic acids is 1. The van der Waals surface area contributed by atoms with Crippen molar-refractivity contribution in [2.75, 3.05) is 13.1 Å². The monoisotopic (exact) mass is 312 g/mol. The van der Waals surface area contributed by atoms with Crippen molar-refractivity contribution in [3.05, 3.63) is 0 Å². The van der Waals surface area contributed by atoms with Crippen LogP contribution >= 0.6 is 0 Å². The van der Waals surface area contributed by atoms with Gasteiger partial charge in [0, 0.05) is 24.7 Å². The second-order valence-corrected chi connectivity index (χ2v) is 8.71. The van der Waals surface area contributed by atoms with Gasteiger partial charge in [0.2, 0.25) is 0 Å². The van der Waals surface area contributed by atoms with E-state index in [0.29, 0.717) is 12.6 Å². The van der Waals surface area contributed by atoms with Crippen LogP contribution in [0.5, 0.6) is 0 Å². The van der Waals surface area contributed by atoms with Crippen LogP contribution in [0.25, 0.3) is 0 Å². The summed E-state index contributed by atoms with van der Waals surface area (Å²) < 4.78 is 5.54. The Morgan fingerprint density at radius 2 is 1.64 bits per heavy atom. The fraction of sp³-hybridized carbons (Fsp3) is 0.944. The van der Waals surface area contributed by atoms with Crippen molar-refractivity contribution >= 4 is 6.09 Å². The minimum Gasteiger partial charge on any atom is -0.444 e. The predicted octanol–water partition coefficient (Wildman–Crippen LogP) is 4.19. The zero-order valence-corrected chi connectivity index (χ0v) is 15.7. The Balaban J connectivity index is 2.47. The van der Waals surface area contributed by atoms with Gasteiger partial charge in [-0.2, -0.15) is 0 Å². The molecule has 22 heavy (non-hydrogen) atoms. The summed E-state index contributed by atoms with van der Waals surface area (Å²) >= 11 is 0. The lowest BCUT2D eigenvalue weighted by Gasteiger charge is -2.37. The maximum Gasteiger partial charge on any atom is 0.410 e. The molecule has 0 radical (unpaired) electrons. The van der Waals surface area contributed by atoms with Crippen molar-refractivity contribution in [1.82, 2.24) is 10.2 Å². The Bertz CT molecular complexity index is 347. The number of amides is 1. The van der Waals surface area contributed by atoms with Crippen molar-refractivity contribution in [2.24, 2.45) is 5.92 Å².